The van der Waals surface area contributed by atoms with E-state index in [4.69, 9.17) is 10.3 Å². The number of aromatic nitrogens is 3. The first-order chi connectivity index (χ1) is 6.81. The van der Waals surface area contributed by atoms with Crippen LogP contribution in [0.25, 0.3) is 11.6 Å². The summed E-state index contributed by atoms with van der Waals surface area (Å²) in [6, 6.07) is 3.80. The van der Waals surface area contributed by atoms with Gasteiger partial charge in [-0.2, -0.15) is 4.98 Å². The highest BCUT2D eigenvalue weighted by Gasteiger charge is 2.10. The van der Waals surface area contributed by atoms with Gasteiger partial charge in [-0.25, -0.2) is 0 Å². The van der Waals surface area contributed by atoms with Crippen molar-refractivity contribution < 1.29 is 4.52 Å². The molecular formula is C9H10N4O. The lowest BCUT2D eigenvalue weighted by Gasteiger charge is -1.96. The fourth-order valence-corrected chi connectivity index (χ4v) is 1.14. The van der Waals surface area contributed by atoms with E-state index in [0.717, 1.165) is 5.56 Å². The van der Waals surface area contributed by atoms with E-state index in [9.17, 15) is 0 Å². The van der Waals surface area contributed by atoms with E-state index in [-0.39, 0.29) is 6.54 Å². The standard InChI is InChI=1S/C9H10N4O/c1-6-3-2-4-11-8(6)9-12-7(5-10)13-14-9/h2-4H,5,10H2,1H3. The molecule has 0 aliphatic rings. The lowest BCUT2D eigenvalue weighted by molar-refractivity contribution is 0.421. The van der Waals surface area contributed by atoms with Gasteiger partial charge < -0.3 is 10.3 Å². The van der Waals surface area contributed by atoms with Gasteiger partial charge in [0.25, 0.3) is 5.89 Å². The molecule has 0 amide bonds. The van der Waals surface area contributed by atoms with Crippen molar-refractivity contribution in [1.29, 1.82) is 0 Å². The normalized spacial score (nSPS) is 10.4. The van der Waals surface area contributed by atoms with Gasteiger partial charge in [-0.05, 0) is 18.6 Å². The summed E-state index contributed by atoms with van der Waals surface area (Å²) in [5.74, 6) is 0.911. The fraction of sp³-hybridized carbons (Fsp3) is 0.222. The number of pyridine rings is 1. The molecule has 2 heterocycles. The molecular weight excluding hydrogens is 180 g/mol. The third kappa shape index (κ3) is 1.49. The van der Waals surface area contributed by atoms with Crippen molar-refractivity contribution in [2.45, 2.75) is 13.5 Å². The van der Waals surface area contributed by atoms with Gasteiger partial charge in [0.05, 0.1) is 6.54 Å². The van der Waals surface area contributed by atoms with Gasteiger partial charge in [0.15, 0.2) is 5.82 Å². The molecule has 0 aliphatic heterocycles. The Balaban J connectivity index is 2.44. The minimum Gasteiger partial charge on any atom is -0.332 e. The summed E-state index contributed by atoms with van der Waals surface area (Å²) in [6.07, 6.45) is 1.69. The highest BCUT2D eigenvalue weighted by Crippen LogP contribution is 2.17. The summed E-state index contributed by atoms with van der Waals surface area (Å²) in [5.41, 5.74) is 7.08. The second-order valence-electron chi connectivity index (χ2n) is 2.89. The lowest BCUT2D eigenvalue weighted by atomic mass is 10.2. The largest absolute Gasteiger partial charge is 0.332 e. The van der Waals surface area contributed by atoms with Crippen molar-refractivity contribution in [2.24, 2.45) is 5.73 Å². The van der Waals surface area contributed by atoms with E-state index in [2.05, 4.69) is 15.1 Å². The zero-order chi connectivity index (χ0) is 9.97. The van der Waals surface area contributed by atoms with Gasteiger partial charge in [-0.3, -0.25) is 4.98 Å². The van der Waals surface area contributed by atoms with Crippen LogP contribution in [0, 0.1) is 6.92 Å². The molecule has 72 valence electrons. The van der Waals surface area contributed by atoms with Crippen LogP contribution in [-0.2, 0) is 6.54 Å². The second kappa shape index (κ2) is 3.55. The number of nitrogens with two attached hydrogens (primary N) is 1. The van der Waals surface area contributed by atoms with Crippen LogP contribution in [-0.4, -0.2) is 15.1 Å². The van der Waals surface area contributed by atoms with Crippen molar-refractivity contribution in [3.8, 4) is 11.6 Å². The van der Waals surface area contributed by atoms with Gasteiger partial charge in [0.1, 0.15) is 5.69 Å². The third-order valence-electron chi connectivity index (χ3n) is 1.86. The zero-order valence-corrected chi connectivity index (χ0v) is 7.77. The Morgan fingerprint density at radius 1 is 1.50 bits per heavy atom. The number of hydrogen-bond donors (Lipinski definition) is 1. The Morgan fingerprint density at radius 3 is 3.00 bits per heavy atom. The van der Waals surface area contributed by atoms with Crippen molar-refractivity contribution in [2.75, 3.05) is 0 Å². The molecule has 0 aliphatic carbocycles. The van der Waals surface area contributed by atoms with Crippen LogP contribution < -0.4 is 5.73 Å². The van der Waals surface area contributed by atoms with E-state index in [1.54, 1.807) is 6.20 Å². The number of hydrogen-bond acceptors (Lipinski definition) is 5. The Hall–Kier alpha value is -1.75. The van der Waals surface area contributed by atoms with Gasteiger partial charge in [-0.1, -0.05) is 11.2 Å². The molecule has 5 heteroatoms. The summed E-state index contributed by atoms with van der Waals surface area (Å²) in [4.78, 5) is 8.25. The number of nitrogens with zero attached hydrogens (tertiary/aromatic N) is 3. The molecule has 0 aromatic carbocycles. The van der Waals surface area contributed by atoms with Crippen LogP contribution >= 0.6 is 0 Å². The van der Waals surface area contributed by atoms with Crippen LogP contribution in [0.5, 0.6) is 0 Å². The number of rotatable bonds is 2. The molecule has 0 spiro atoms. The van der Waals surface area contributed by atoms with E-state index in [0.29, 0.717) is 17.4 Å². The van der Waals surface area contributed by atoms with Crippen molar-refractivity contribution in [3.05, 3.63) is 29.7 Å². The Kier molecular flexibility index (Phi) is 2.24. The summed E-state index contributed by atoms with van der Waals surface area (Å²) in [6.45, 7) is 2.21. The summed E-state index contributed by atoms with van der Waals surface area (Å²) in [5, 5.41) is 3.70. The maximum Gasteiger partial charge on any atom is 0.276 e. The average Bonchev–Trinajstić information content (AvgIpc) is 2.67. The summed E-state index contributed by atoms with van der Waals surface area (Å²) in [7, 11) is 0. The molecule has 0 saturated heterocycles. The Bertz CT molecular complexity index is 438. The molecule has 0 bridgehead atoms. The predicted octanol–water partition coefficient (Wildman–Crippen LogP) is 0.899. The van der Waals surface area contributed by atoms with Crippen molar-refractivity contribution in [3.63, 3.8) is 0 Å². The van der Waals surface area contributed by atoms with E-state index < -0.39 is 0 Å². The molecule has 2 aromatic rings. The first-order valence-electron chi connectivity index (χ1n) is 4.26. The molecule has 0 radical (unpaired) electrons. The molecule has 0 atom stereocenters. The maximum atomic E-state index is 5.37. The lowest BCUT2D eigenvalue weighted by Crippen LogP contribution is -1.98. The zero-order valence-electron chi connectivity index (χ0n) is 7.77. The highest BCUT2D eigenvalue weighted by molar-refractivity contribution is 5.51. The minimum atomic E-state index is 0.273. The molecule has 2 N–H and O–H groups in total. The summed E-state index contributed by atoms with van der Waals surface area (Å²) >= 11 is 0. The van der Waals surface area contributed by atoms with Gasteiger partial charge in [0, 0.05) is 6.20 Å². The average molecular weight is 190 g/mol. The number of aryl methyl sites for hydroxylation is 1. The molecule has 0 unspecified atom stereocenters. The van der Waals surface area contributed by atoms with Crippen molar-refractivity contribution >= 4 is 0 Å². The molecule has 14 heavy (non-hydrogen) atoms. The van der Waals surface area contributed by atoms with Crippen LogP contribution in [0.15, 0.2) is 22.9 Å². The molecule has 2 rings (SSSR count). The molecule has 5 nitrogen and oxygen atoms in total. The van der Waals surface area contributed by atoms with Gasteiger partial charge in [-0.15, -0.1) is 0 Å². The smallest absolute Gasteiger partial charge is 0.276 e. The first-order valence-corrected chi connectivity index (χ1v) is 4.26. The third-order valence-corrected chi connectivity index (χ3v) is 1.86. The quantitative estimate of drug-likeness (QED) is 0.761. The second-order valence-corrected chi connectivity index (χ2v) is 2.89. The SMILES string of the molecule is Cc1cccnc1-c1nc(CN)no1. The maximum absolute atomic E-state index is 5.37. The topological polar surface area (TPSA) is 77.8 Å². The highest BCUT2D eigenvalue weighted by atomic mass is 16.5. The van der Waals surface area contributed by atoms with Crippen molar-refractivity contribution in [1.82, 2.24) is 15.1 Å². The van der Waals surface area contributed by atoms with Crippen LogP contribution in [0.4, 0.5) is 0 Å². The monoisotopic (exact) mass is 190 g/mol. The Morgan fingerprint density at radius 2 is 2.36 bits per heavy atom. The van der Waals surface area contributed by atoms with E-state index in [1.807, 2.05) is 19.1 Å². The first kappa shape index (κ1) is 8.83. The molecule has 0 saturated carbocycles. The van der Waals surface area contributed by atoms with Gasteiger partial charge >= 0.3 is 0 Å². The molecule has 0 fully saturated rings. The van der Waals surface area contributed by atoms with E-state index in [1.165, 1.54) is 0 Å². The van der Waals surface area contributed by atoms with E-state index >= 15 is 0 Å². The summed E-state index contributed by atoms with van der Waals surface area (Å²) < 4.78 is 5.02. The molecule has 2 aromatic heterocycles. The van der Waals surface area contributed by atoms with Crippen LogP contribution in [0.1, 0.15) is 11.4 Å². The van der Waals surface area contributed by atoms with Gasteiger partial charge in [0.2, 0.25) is 0 Å². The van der Waals surface area contributed by atoms with Crippen LogP contribution in [0.3, 0.4) is 0 Å². The fourth-order valence-electron chi connectivity index (χ4n) is 1.14. The predicted molar refractivity (Wildman–Crippen MR) is 50.2 cm³/mol. The van der Waals surface area contributed by atoms with Crippen LogP contribution in [0.2, 0.25) is 0 Å². The Labute approximate surface area is 81.0 Å². The minimum absolute atomic E-state index is 0.273.